The zero-order valence-corrected chi connectivity index (χ0v) is 12.6. The molecule has 0 saturated carbocycles. The van der Waals surface area contributed by atoms with Crippen LogP contribution in [-0.2, 0) is 0 Å². The number of nitrogens with two attached hydrogens (primary N) is 1. The largest absolute Gasteiger partial charge is 0.399 e. The SMILES string of the molecule is Cc1cc(N)ccc1C(=O)/C=C/c1ccc2[nH]nc(C)c2c1. The average Bonchev–Trinajstić information content (AvgIpc) is 2.86. The van der Waals surface area contributed by atoms with Crippen LogP contribution in [0.15, 0.2) is 42.5 Å². The number of fused-ring (bicyclic) bond motifs is 1. The van der Waals surface area contributed by atoms with Gasteiger partial charge in [-0.15, -0.1) is 0 Å². The van der Waals surface area contributed by atoms with Gasteiger partial charge in [0.05, 0.1) is 11.2 Å². The van der Waals surface area contributed by atoms with Crippen molar-refractivity contribution in [3.05, 3.63) is 64.9 Å². The van der Waals surface area contributed by atoms with Crippen LogP contribution in [0.5, 0.6) is 0 Å². The minimum atomic E-state index is -0.0264. The van der Waals surface area contributed by atoms with Crippen molar-refractivity contribution >= 4 is 28.4 Å². The number of benzene rings is 2. The molecule has 0 bridgehead atoms. The van der Waals surface area contributed by atoms with Crippen LogP contribution >= 0.6 is 0 Å². The molecule has 0 spiro atoms. The topological polar surface area (TPSA) is 71.8 Å². The van der Waals surface area contributed by atoms with E-state index in [1.165, 1.54) is 0 Å². The molecule has 0 unspecified atom stereocenters. The van der Waals surface area contributed by atoms with Crippen molar-refractivity contribution in [2.75, 3.05) is 5.73 Å². The van der Waals surface area contributed by atoms with Gasteiger partial charge in [0, 0.05) is 16.6 Å². The zero-order valence-electron chi connectivity index (χ0n) is 12.6. The molecule has 0 fully saturated rings. The summed E-state index contributed by atoms with van der Waals surface area (Å²) in [5, 5.41) is 8.21. The lowest BCUT2D eigenvalue weighted by molar-refractivity contribution is 0.104. The van der Waals surface area contributed by atoms with Gasteiger partial charge in [-0.3, -0.25) is 9.89 Å². The van der Waals surface area contributed by atoms with E-state index < -0.39 is 0 Å². The van der Waals surface area contributed by atoms with Crippen LogP contribution in [0.4, 0.5) is 5.69 Å². The fraction of sp³-hybridized carbons (Fsp3) is 0.111. The number of nitrogens with zero attached hydrogens (tertiary/aromatic N) is 1. The first-order valence-corrected chi connectivity index (χ1v) is 7.08. The summed E-state index contributed by atoms with van der Waals surface area (Å²) in [6, 6.07) is 11.3. The van der Waals surface area contributed by atoms with E-state index in [9.17, 15) is 4.79 Å². The minimum Gasteiger partial charge on any atom is -0.399 e. The molecule has 0 aliphatic rings. The molecule has 4 nitrogen and oxygen atoms in total. The monoisotopic (exact) mass is 291 g/mol. The Kier molecular flexibility index (Phi) is 3.51. The number of carbonyl (C=O) groups excluding carboxylic acids is 1. The third kappa shape index (κ3) is 2.63. The lowest BCUT2D eigenvalue weighted by Crippen LogP contribution is -1.99. The Balaban J connectivity index is 1.88. The van der Waals surface area contributed by atoms with Crippen LogP contribution in [0.2, 0.25) is 0 Å². The number of nitrogens with one attached hydrogen (secondary N) is 1. The van der Waals surface area contributed by atoms with E-state index >= 15 is 0 Å². The van der Waals surface area contributed by atoms with Crippen molar-refractivity contribution in [1.29, 1.82) is 0 Å². The van der Waals surface area contributed by atoms with Gasteiger partial charge in [0.25, 0.3) is 0 Å². The second kappa shape index (κ2) is 5.48. The molecule has 1 aromatic heterocycles. The molecule has 0 atom stereocenters. The van der Waals surface area contributed by atoms with Gasteiger partial charge in [-0.05, 0) is 61.4 Å². The predicted molar refractivity (Wildman–Crippen MR) is 89.8 cm³/mol. The molecule has 110 valence electrons. The Morgan fingerprint density at radius 1 is 1.18 bits per heavy atom. The smallest absolute Gasteiger partial charge is 0.186 e. The molecule has 0 radical (unpaired) electrons. The summed E-state index contributed by atoms with van der Waals surface area (Å²) in [6.45, 7) is 3.84. The lowest BCUT2D eigenvalue weighted by atomic mass is 10.0. The normalized spacial score (nSPS) is 11.4. The molecule has 22 heavy (non-hydrogen) atoms. The first kappa shape index (κ1) is 14.1. The van der Waals surface area contributed by atoms with Crippen molar-refractivity contribution in [1.82, 2.24) is 10.2 Å². The van der Waals surface area contributed by atoms with Crippen LogP contribution in [-0.4, -0.2) is 16.0 Å². The van der Waals surface area contributed by atoms with Crippen molar-refractivity contribution in [3.8, 4) is 0 Å². The summed E-state index contributed by atoms with van der Waals surface area (Å²) in [5.74, 6) is -0.0264. The van der Waals surface area contributed by atoms with Gasteiger partial charge in [0.15, 0.2) is 5.78 Å². The fourth-order valence-corrected chi connectivity index (χ4v) is 2.49. The Bertz CT molecular complexity index is 890. The number of nitrogen functional groups attached to an aromatic ring is 1. The molecule has 3 rings (SSSR count). The number of allylic oxidation sites excluding steroid dienone is 1. The van der Waals surface area contributed by atoms with Crippen LogP contribution in [0.1, 0.15) is 27.2 Å². The summed E-state index contributed by atoms with van der Waals surface area (Å²) >= 11 is 0. The standard InChI is InChI=1S/C18H17N3O/c1-11-9-14(19)5-6-15(11)18(22)8-4-13-3-7-17-16(10-13)12(2)20-21-17/h3-10H,19H2,1-2H3,(H,20,21)/b8-4+. The molecular formula is C18H17N3O. The summed E-state index contributed by atoms with van der Waals surface area (Å²) in [4.78, 5) is 12.3. The first-order chi connectivity index (χ1) is 10.5. The molecule has 4 heteroatoms. The Morgan fingerprint density at radius 2 is 2.00 bits per heavy atom. The molecule has 2 aromatic carbocycles. The summed E-state index contributed by atoms with van der Waals surface area (Å²) in [5.41, 5.74) is 10.9. The summed E-state index contributed by atoms with van der Waals surface area (Å²) < 4.78 is 0. The molecular weight excluding hydrogens is 274 g/mol. The number of hydrogen-bond donors (Lipinski definition) is 2. The highest BCUT2D eigenvalue weighted by Gasteiger charge is 2.06. The average molecular weight is 291 g/mol. The van der Waals surface area contributed by atoms with Gasteiger partial charge in [0.1, 0.15) is 0 Å². The van der Waals surface area contributed by atoms with Crippen molar-refractivity contribution < 1.29 is 4.79 Å². The van der Waals surface area contributed by atoms with Gasteiger partial charge < -0.3 is 5.73 Å². The van der Waals surface area contributed by atoms with E-state index in [1.807, 2.05) is 44.2 Å². The predicted octanol–water partition coefficient (Wildman–Crippen LogP) is 3.66. The maximum atomic E-state index is 12.3. The van der Waals surface area contributed by atoms with E-state index in [0.717, 1.165) is 27.7 Å². The summed E-state index contributed by atoms with van der Waals surface area (Å²) in [7, 11) is 0. The van der Waals surface area contributed by atoms with Crippen molar-refractivity contribution in [2.45, 2.75) is 13.8 Å². The van der Waals surface area contributed by atoms with E-state index in [1.54, 1.807) is 18.2 Å². The van der Waals surface area contributed by atoms with Gasteiger partial charge in [0.2, 0.25) is 0 Å². The maximum absolute atomic E-state index is 12.3. The van der Waals surface area contributed by atoms with E-state index in [-0.39, 0.29) is 5.78 Å². The zero-order chi connectivity index (χ0) is 15.7. The van der Waals surface area contributed by atoms with Gasteiger partial charge in [-0.25, -0.2) is 0 Å². The first-order valence-electron chi connectivity index (χ1n) is 7.08. The highest BCUT2D eigenvalue weighted by atomic mass is 16.1. The highest BCUT2D eigenvalue weighted by Crippen LogP contribution is 2.18. The third-order valence-electron chi connectivity index (χ3n) is 3.72. The van der Waals surface area contributed by atoms with Crippen molar-refractivity contribution in [2.24, 2.45) is 0 Å². The quantitative estimate of drug-likeness (QED) is 0.439. The molecule has 0 amide bonds. The fourth-order valence-electron chi connectivity index (χ4n) is 2.49. The van der Waals surface area contributed by atoms with Crippen LogP contribution in [0.25, 0.3) is 17.0 Å². The number of carbonyl (C=O) groups is 1. The molecule has 0 aliphatic carbocycles. The van der Waals surface area contributed by atoms with Crippen molar-refractivity contribution in [3.63, 3.8) is 0 Å². The molecule has 1 heterocycles. The van der Waals surface area contributed by atoms with E-state index in [4.69, 9.17) is 5.73 Å². The van der Waals surface area contributed by atoms with Gasteiger partial charge in [-0.1, -0.05) is 12.1 Å². The Morgan fingerprint density at radius 3 is 2.77 bits per heavy atom. The molecule has 3 N–H and O–H groups in total. The second-order valence-corrected chi connectivity index (χ2v) is 5.39. The van der Waals surface area contributed by atoms with Crippen LogP contribution < -0.4 is 5.73 Å². The number of anilines is 1. The van der Waals surface area contributed by atoms with Crippen LogP contribution in [0.3, 0.4) is 0 Å². The number of aromatic amines is 1. The number of aromatic nitrogens is 2. The molecule has 0 saturated heterocycles. The Labute approximate surface area is 128 Å². The molecule has 0 aliphatic heterocycles. The minimum absolute atomic E-state index is 0.0264. The number of ketones is 1. The van der Waals surface area contributed by atoms with E-state index in [0.29, 0.717) is 11.3 Å². The van der Waals surface area contributed by atoms with Gasteiger partial charge >= 0.3 is 0 Å². The number of H-pyrrole nitrogens is 1. The maximum Gasteiger partial charge on any atom is 0.186 e. The summed E-state index contributed by atoms with van der Waals surface area (Å²) in [6.07, 6.45) is 3.42. The number of rotatable bonds is 3. The second-order valence-electron chi connectivity index (χ2n) is 5.39. The van der Waals surface area contributed by atoms with Crippen LogP contribution in [0, 0.1) is 13.8 Å². The number of hydrogen-bond acceptors (Lipinski definition) is 3. The van der Waals surface area contributed by atoms with E-state index in [2.05, 4.69) is 10.2 Å². The highest BCUT2D eigenvalue weighted by molar-refractivity contribution is 6.08. The molecule has 3 aromatic rings. The number of aryl methyl sites for hydroxylation is 2. The lowest BCUT2D eigenvalue weighted by Gasteiger charge is -2.03. The third-order valence-corrected chi connectivity index (χ3v) is 3.72. The van der Waals surface area contributed by atoms with Gasteiger partial charge in [-0.2, -0.15) is 5.10 Å². The Hall–Kier alpha value is -2.88.